The molecule has 0 aliphatic carbocycles. The molecule has 28 heavy (non-hydrogen) atoms. The summed E-state index contributed by atoms with van der Waals surface area (Å²) < 4.78 is 27.6. The van der Waals surface area contributed by atoms with Gasteiger partial charge < -0.3 is 5.32 Å². The van der Waals surface area contributed by atoms with Gasteiger partial charge in [0.1, 0.15) is 0 Å². The van der Waals surface area contributed by atoms with Crippen molar-refractivity contribution in [1.82, 2.24) is 10.0 Å². The molecule has 3 rings (SSSR count). The summed E-state index contributed by atoms with van der Waals surface area (Å²) in [5.74, 6) is 2.16. The highest BCUT2D eigenvalue weighted by Crippen LogP contribution is 2.45. The molecule has 0 bridgehead atoms. The molecule has 2 N–H and O–H groups in total. The highest BCUT2D eigenvalue weighted by molar-refractivity contribution is 8.19. The van der Waals surface area contributed by atoms with Crippen molar-refractivity contribution in [3.05, 3.63) is 65.2 Å². The summed E-state index contributed by atoms with van der Waals surface area (Å²) in [6.45, 7) is 3.81. The Morgan fingerprint density at radius 1 is 1.11 bits per heavy atom. The molecule has 0 saturated carbocycles. The van der Waals surface area contributed by atoms with Crippen LogP contribution in [0.1, 0.15) is 39.9 Å². The number of nitrogens with one attached hydrogen (secondary N) is 2. The Bertz CT molecular complexity index is 922. The largest absolute Gasteiger partial charge is 0.348 e. The lowest BCUT2D eigenvalue weighted by molar-refractivity contribution is 0.0951. The van der Waals surface area contributed by atoms with E-state index in [4.69, 9.17) is 0 Å². The molecule has 2 aromatic rings. The topological polar surface area (TPSA) is 75.3 Å². The Balaban J connectivity index is 1.62. The van der Waals surface area contributed by atoms with Crippen molar-refractivity contribution >= 4 is 39.5 Å². The molecule has 150 valence electrons. The van der Waals surface area contributed by atoms with Crippen molar-refractivity contribution in [3.63, 3.8) is 0 Å². The molecule has 0 aromatic heterocycles. The minimum Gasteiger partial charge on any atom is -0.348 e. The zero-order valence-electron chi connectivity index (χ0n) is 15.8. The Kier molecular flexibility index (Phi) is 7.09. The predicted octanol–water partition coefficient (Wildman–Crippen LogP) is 3.78. The molecule has 1 saturated heterocycles. The second kappa shape index (κ2) is 9.35. The molecular weight excluding hydrogens is 412 g/mol. The third kappa shape index (κ3) is 5.53. The first-order valence-electron chi connectivity index (χ1n) is 9.08. The van der Waals surface area contributed by atoms with Crippen LogP contribution < -0.4 is 10.0 Å². The van der Waals surface area contributed by atoms with Crippen LogP contribution in [0.3, 0.4) is 0 Å². The van der Waals surface area contributed by atoms with Crippen molar-refractivity contribution in [2.45, 2.75) is 35.9 Å². The minimum absolute atomic E-state index is 0.174. The van der Waals surface area contributed by atoms with E-state index in [1.54, 1.807) is 38.1 Å². The summed E-state index contributed by atoms with van der Waals surface area (Å²) in [5.41, 5.74) is 2.57. The van der Waals surface area contributed by atoms with Crippen LogP contribution in [-0.2, 0) is 16.6 Å². The second-order valence-corrected chi connectivity index (χ2v) is 11.2. The average Bonchev–Trinajstić information content (AvgIpc) is 3.20. The molecule has 1 amide bonds. The van der Waals surface area contributed by atoms with E-state index < -0.39 is 10.0 Å². The lowest BCUT2D eigenvalue weighted by Crippen LogP contribution is -2.30. The fourth-order valence-corrected chi connectivity index (χ4v) is 7.01. The molecule has 1 aliphatic heterocycles. The molecule has 8 heteroatoms. The van der Waals surface area contributed by atoms with Crippen LogP contribution in [0.4, 0.5) is 0 Å². The maximum absolute atomic E-state index is 12.4. The van der Waals surface area contributed by atoms with E-state index in [-0.39, 0.29) is 23.4 Å². The number of benzene rings is 2. The highest BCUT2D eigenvalue weighted by Gasteiger charge is 2.19. The van der Waals surface area contributed by atoms with Crippen LogP contribution >= 0.6 is 23.5 Å². The van der Waals surface area contributed by atoms with E-state index in [9.17, 15) is 13.2 Å². The van der Waals surface area contributed by atoms with Crippen molar-refractivity contribution in [1.29, 1.82) is 0 Å². The van der Waals surface area contributed by atoms with E-state index in [2.05, 4.69) is 10.0 Å². The number of hydrogen-bond donors (Lipinski definition) is 2. The van der Waals surface area contributed by atoms with Gasteiger partial charge in [-0.05, 0) is 49.2 Å². The van der Waals surface area contributed by atoms with Gasteiger partial charge in [0.05, 0.1) is 9.48 Å². The number of thioether (sulfide) groups is 2. The van der Waals surface area contributed by atoms with Crippen molar-refractivity contribution < 1.29 is 13.2 Å². The third-order valence-corrected chi connectivity index (χ3v) is 8.88. The smallest absolute Gasteiger partial charge is 0.251 e. The first-order valence-corrected chi connectivity index (χ1v) is 12.7. The molecule has 0 unspecified atom stereocenters. The van der Waals surface area contributed by atoms with Crippen LogP contribution in [0.15, 0.2) is 53.4 Å². The van der Waals surface area contributed by atoms with Crippen molar-refractivity contribution in [3.8, 4) is 0 Å². The molecule has 2 aromatic carbocycles. The van der Waals surface area contributed by atoms with Gasteiger partial charge in [-0.1, -0.05) is 24.3 Å². The zero-order valence-corrected chi connectivity index (χ0v) is 18.3. The zero-order chi connectivity index (χ0) is 20.1. The van der Waals surface area contributed by atoms with Crippen LogP contribution in [0, 0.1) is 0 Å². The Labute approximate surface area is 175 Å². The average molecular weight is 437 g/mol. The predicted molar refractivity (Wildman–Crippen MR) is 117 cm³/mol. The number of rotatable bonds is 7. The maximum Gasteiger partial charge on any atom is 0.251 e. The molecule has 0 spiro atoms. The van der Waals surface area contributed by atoms with Gasteiger partial charge in [-0.25, -0.2) is 13.1 Å². The monoisotopic (exact) mass is 436 g/mol. The van der Waals surface area contributed by atoms with Crippen molar-refractivity contribution in [2.24, 2.45) is 0 Å². The summed E-state index contributed by atoms with van der Waals surface area (Å²) in [4.78, 5) is 12.6. The highest BCUT2D eigenvalue weighted by atomic mass is 32.2. The van der Waals surface area contributed by atoms with Crippen LogP contribution in [0.2, 0.25) is 0 Å². The van der Waals surface area contributed by atoms with Gasteiger partial charge in [0.15, 0.2) is 0 Å². The van der Waals surface area contributed by atoms with Gasteiger partial charge in [0.2, 0.25) is 10.0 Å². The number of carbonyl (C=O) groups is 1. The van der Waals surface area contributed by atoms with Gasteiger partial charge in [0, 0.05) is 29.7 Å². The molecule has 0 radical (unpaired) electrons. The van der Waals surface area contributed by atoms with Crippen LogP contribution in [0.25, 0.3) is 0 Å². The van der Waals surface area contributed by atoms with E-state index in [0.29, 0.717) is 10.1 Å². The summed E-state index contributed by atoms with van der Waals surface area (Å²) in [5, 5.41) is 2.86. The van der Waals surface area contributed by atoms with Gasteiger partial charge >= 0.3 is 0 Å². The molecule has 1 heterocycles. The second-order valence-electron chi connectivity index (χ2n) is 6.80. The molecule has 1 aliphatic rings. The fraction of sp³-hybridized carbons (Fsp3) is 0.350. The van der Waals surface area contributed by atoms with Crippen LogP contribution in [0.5, 0.6) is 0 Å². The number of amides is 1. The molecule has 1 fully saturated rings. The Morgan fingerprint density at radius 2 is 1.79 bits per heavy atom. The number of carbonyl (C=O) groups excluding carboxylic acids is 1. The third-order valence-electron chi connectivity index (χ3n) is 4.12. The Morgan fingerprint density at radius 3 is 2.43 bits per heavy atom. The first kappa shape index (κ1) is 21.2. The lowest BCUT2D eigenvalue weighted by atomic mass is 10.1. The van der Waals surface area contributed by atoms with E-state index in [1.807, 2.05) is 47.8 Å². The summed E-state index contributed by atoms with van der Waals surface area (Å²) in [6, 6.07) is 14.1. The molecular formula is C20H24N2O3S3. The number of sulfonamides is 1. The van der Waals surface area contributed by atoms with Gasteiger partial charge in [-0.3, -0.25) is 4.79 Å². The molecule has 0 atom stereocenters. The fourth-order valence-electron chi connectivity index (χ4n) is 2.83. The van der Waals surface area contributed by atoms with E-state index in [1.165, 1.54) is 17.1 Å². The normalized spacial score (nSPS) is 15.1. The summed E-state index contributed by atoms with van der Waals surface area (Å²) >= 11 is 3.86. The summed E-state index contributed by atoms with van der Waals surface area (Å²) in [6.07, 6.45) is 0. The maximum atomic E-state index is 12.4. The lowest BCUT2D eigenvalue weighted by Gasteiger charge is -2.12. The van der Waals surface area contributed by atoms with Gasteiger partial charge in [-0.15, -0.1) is 23.5 Å². The first-order chi connectivity index (χ1) is 13.3. The Hall–Kier alpha value is -1.48. The van der Waals surface area contributed by atoms with Gasteiger partial charge in [-0.2, -0.15) is 0 Å². The number of hydrogen-bond acceptors (Lipinski definition) is 5. The quantitative estimate of drug-likeness (QED) is 0.691. The van der Waals surface area contributed by atoms with E-state index >= 15 is 0 Å². The SMILES string of the molecule is CC(C)NS(=O)(=O)c1cccc(CNC(=O)c2ccc(C3SCCS3)cc2)c1. The standard InChI is InChI=1S/C20H24N2O3S3/c1-14(2)22-28(24,25)18-5-3-4-15(12-18)13-21-19(23)16-6-8-17(9-7-16)20-26-10-11-27-20/h3-9,12,14,20,22H,10-11,13H2,1-2H3,(H,21,23). The molecule has 5 nitrogen and oxygen atoms in total. The van der Waals surface area contributed by atoms with Gasteiger partial charge in [0.25, 0.3) is 5.91 Å². The van der Waals surface area contributed by atoms with E-state index in [0.717, 1.165) is 5.56 Å². The van der Waals surface area contributed by atoms with Crippen molar-refractivity contribution in [2.75, 3.05) is 11.5 Å². The summed E-state index contributed by atoms with van der Waals surface area (Å²) in [7, 11) is -3.55. The van der Waals surface area contributed by atoms with Crippen LogP contribution in [-0.4, -0.2) is 31.9 Å². The minimum atomic E-state index is -3.55.